The molecule has 2 aromatic rings. The summed E-state index contributed by atoms with van der Waals surface area (Å²) in [6.07, 6.45) is 9.69. The number of hydrogen-bond donors (Lipinski definition) is 3. The highest BCUT2D eigenvalue weighted by Crippen LogP contribution is 2.31. The van der Waals surface area contributed by atoms with Crippen LogP contribution < -0.4 is 16.4 Å². The number of nitriles is 1. The average Bonchev–Trinajstić information content (AvgIpc) is 3.25. The summed E-state index contributed by atoms with van der Waals surface area (Å²) in [5, 5.41) is 13.8. The van der Waals surface area contributed by atoms with E-state index in [0.29, 0.717) is 11.8 Å². The van der Waals surface area contributed by atoms with Gasteiger partial charge in [-0.1, -0.05) is 36.4 Å². The Morgan fingerprint density at radius 3 is 2.06 bits per heavy atom. The van der Waals surface area contributed by atoms with Gasteiger partial charge in [-0.15, -0.1) is 0 Å². The van der Waals surface area contributed by atoms with Gasteiger partial charge in [0.05, 0.1) is 32.1 Å². The highest BCUT2D eigenvalue weighted by molar-refractivity contribution is 5.91. The lowest BCUT2D eigenvalue weighted by molar-refractivity contribution is -0.147. The molecule has 2 saturated carbocycles. The molecule has 5 rings (SSSR count). The summed E-state index contributed by atoms with van der Waals surface area (Å²) in [6, 6.07) is 17.7. The molecule has 0 atom stereocenters. The highest BCUT2D eigenvalue weighted by atomic mass is 16.5. The summed E-state index contributed by atoms with van der Waals surface area (Å²) < 4.78 is 9.65. The number of urea groups is 1. The van der Waals surface area contributed by atoms with Crippen molar-refractivity contribution in [2.45, 2.75) is 71.1 Å². The van der Waals surface area contributed by atoms with E-state index in [1.807, 2.05) is 41.3 Å². The molecule has 0 bridgehead atoms. The molecule has 0 radical (unpaired) electrons. The van der Waals surface area contributed by atoms with Gasteiger partial charge in [-0.05, 0) is 112 Å². The summed E-state index contributed by atoms with van der Waals surface area (Å²) >= 11 is 0. The standard InChI is InChI=1S/C18H24N2O3.C17H26N2O2.C2H3N/c1-23-17(21)15-8-6-13(7-9-15)12-20-11-10-14-4-2-3-5-16(14)19-18(20)22;1-21-17(20)15-8-6-13(7-9-15)12-19-11-10-14-4-2-3-5-16(14)18;1-2-3/h2-5,13,15H,6-12H2,1H3,(H,19,22);2-5,13,15,19H,6-12,18H2,1H3;1H3. The Morgan fingerprint density at radius 2 is 1.47 bits per heavy atom. The Bertz CT molecular complexity index is 1310. The monoisotopic (exact) mass is 647 g/mol. The molecule has 1 aliphatic heterocycles. The zero-order valence-corrected chi connectivity index (χ0v) is 28.3. The van der Waals surface area contributed by atoms with Gasteiger partial charge in [-0.3, -0.25) is 9.59 Å². The number of esters is 2. The first-order chi connectivity index (χ1) is 22.8. The van der Waals surface area contributed by atoms with Crippen LogP contribution in [0.3, 0.4) is 0 Å². The number of rotatable bonds is 9. The number of amides is 2. The summed E-state index contributed by atoms with van der Waals surface area (Å²) in [5.41, 5.74) is 10.1. The molecular formula is C37H53N5O5. The first-order valence-electron chi connectivity index (χ1n) is 16.9. The molecule has 2 aromatic carbocycles. The maximum absolute atomic E-state index is 12.4. The predicted molar refractivity (Wildman–Crippen MR) is 184 cm³/mol. The predicted octanol–water partition coefficient (Wildman–Crippen LogP) is 5.97. The molecule has 3 aliphatic rings. The second-order valence-electron chi connectivity index (χ2n) is 12.6. The minimum Gasteiger partial charge on any atom is -0.469 e. The molecule has 256 valence electrons. The smallest absolute Gasteiger partial charge is 0.321 e. The number of hydrogen-bond acceptors (Lipinski definition) is 8. The lowest BCUT2D eigenvalue weighted by Crippen LogP contribution is -2.39. The molecule has 2 aliphatic carbocycles. The number of nitrogens with two attached hydrogens (primary N) is 1. The molecule has 0 aromatic heterocycles. The van der Waals surface area contributed by atoms with Gasteiger partial charge in [0, 0.05) is 31.4 Å². The third-order valence-corrected chi connectivity index (χ3v) is 9.50. The number of para-hydroxylation sites is 2. The van der Waals surface area contributed by atoms with Gasteiger partial charge in [0.2, 0.25) is 0 Å². The third kappa shape index (κ3) is 12.2. The van der Waals surface area contributed by atoms with Gasteiger partial charge in [0.1, 0.15) is 0 Å². The van der Waals surface area contributed by atoms with Crippen LogP contribution >= 0.6 is 0 Å². The van der Waals surface area contributed by atoms with Crippen LogP contribution in [-0.4, -0.2) is 63.3 Å². The number of nitrogens with zero attached hydrogens (tertiary/aromatic N) is 2. The molecule has 0 unspecified atom stereocenters. The molecule has 0 saturated heterocycles. The average molecular weight is 648 g/mol. The first kappa shape index (κ1) is 37.4. The lowest BCUT2D eigenvalue weighted by Gasteiger charge is -2.31. The summed E-state index contributed by atoms with van der Waals surface area (Å²) in [4.78, 5) is 37.4. The number of ether oxygens (including phenoxy) is 2. The van der Waals surface area contributed by atoms with Crippen LogP contribution in [0.1, 0.15) is 69.4 Å². The van der Waals surface area contributed by atoms with Gasteiger partial charge >= 0.3 is 18.0 Å². The van der Waals surface area contributed by atoms with Crippen LogP contribution in [-0.2, 0) is 31.9 Å². The van der Waals surface area contributed by atoms with Gasteiger partial charge in [0.15, 0.2) is 0 Å². The van der Waals surface area contributed by atoms with Crippen molar-refractivity contribution < 1.29 is 23.9 Å². The zero-order valence-electron chi connectivity index (χ0n) is 28.3. The number of anilines is 2. The van der Waals surface area contributed by atoms with E-state index in [1.54, 1.807) is 6.07 Å². The van der Waals surface area contributed by atoms with Crippen LogP contribution in [0.15, 0.2) is 48.5 Å². The largest absolute Gasteiger partial charge is 0.469 e. The van der Waals surface area contributed by atoms with Gasteiger partial charge in [-0.2, -0.15) is 5.26 Å². The molecule has 10 nitrogen and oxygen atoms in total. The number of nitrogens with one attached hydrogen (secondary N) is 2. The van der Waals surface area contributed by atoms with Crippen molar-refractivity contribution in [1.82, 2.24) is 10.2 Å². The maximum Gasteiger partial charge on any atom is 0.321 e. The Kier molecular flexibility index (Phi) is 16.1. The van der Waals surface area contributed by atoms with Crippen molar-refractivity contribution in [1.29, 1.82) is 5.26 Å². The van der Waals surface area contributed by atoms with E-state index in [9.17, 15) is 14.4 Å². The number of benzene rings is 2. The number of carbonyl (C=O) groups is 3. The fourth-order valence-electron chi connectivity index (χ4n) is 6.70. The van der Waals surface area contributed by atoms with E-state index >= 15 is 0 Å². The zero-order chi connectivity index (χ0) is 34.0. The Labute approximate surface area is 280 Å². The molecule has 47 heavy (non-hydrogen) atoms. The second kappa shape index (κ2) is 20.2. The van der Waals surface area contributed by atoms with Crippen molar-refractivity contribution in [2.24, 2.45) is 23.7 Å². The lowest BCUT2D eigenvalue weighted by atomic mass is 9.82. The van der Waals surface area contributed by atoms with E-state index < -0.39 is 0 Å². The van der Waals surface area contributed by atoms with Crippen molar-refractivity contribution in [3.63, 3.8) is 0 Å². The van der Waals surface area contributed by atoms with Crippen molar-refractivity contribution in [3.05, 3.63) is 59.7 Å². The Balaban J connectivity index is 0.000000237. The molecule has 2 amide bonds. The normalized spacial score (nSPS) is 21.9. The van der Waals surface area contributed by atoms with Gasteiger partial charge < -0.3 is 30.7 Å². The van der Waals surface area contributed by atoms with E-state index in [-0.39, 0.29) is 29.8 Å². The summed E-state index contributed by atoms with van der Waals surface area (Å²) in [5.74, 6) is 1.18. The number of carbonyl (C=O) groups excluding carboxylic acids is 3. The second-order valence-corrected chi connectivity index (χ2v) is 12.6. The van der Waals surface area contributed by atoms with Crippen molar-refractivity contribution in [3.8, 4) is 6.07 Å². The van der Waals surface area contributed by atoms with Gasteiger partial charge in [-0.25, -0.2) is 4.79 Å². The maximum atomic E-state index is 12.4. The Morgan fingerprint density at radius 1 is 0.915 bits per heavy atom. The topological polar surface area (TPSA) is 147 Å². The summed E-state index contributed by atoms with van der Waals surface area (Å²) in [7, 11) is 2.93. The van der Waals surface area contributed by atoms with Crippen LogP contribution in [0, 0.1) is 35.0 Å². The molecule has 2 fully saturated rings. The molecule has 10 heteroatoms. The molecule has 0 spiro atoms. The highest BCUT2D eigenvalue weighted by Gasteiger charge is 2.30. The van der Waals surface area contributed by atoms with E-state index in [1.165, 1.54) is 32.3 Å². The fraction of sp³-hybridized carbons (Fsp3) is 0.568. The minimum atomic E-state index is -0.0913. The van der Waals surface area contributed by atoms with Crippen LogP contribution in [0.4, 0.5) is 16.2 Å². The van der Waals surface area contributed by atoms with E-state index in [2.05, 4.69) is 22.8 Å². The molecule has 1 heterocycles. The van der Waals surface area contributed by atoms with Crippen molar-refractivity contribution in [2.75, 3.05) is 51.4 Å². The van der Waals surface area contributed by atoms with E-state index in [0.717, 1.165) is 102 Å². The van der Waals surface area contributed by atoms with Gasteiger partial charge in [0.25, 0.3) is 0 Å². The fourth-order valence-corrected chi connectivity index (χ4v) is 6.70. The minimum absolute atomic E-state index is 0.00922. The van der Waals surface area contributed by atoms with Crippen LogP contribution in [0.25, 0.3) is 0 Å². The van der Waals surface area contributed by atoms with Crippen molar-refractivity contribution >= 4 is 29.3 Å². The third-order valence-electron chi connectivity index (χ3n) is 9.50. The molecular weight excluding hydrogens is 594 g/mol. The van der Waals surface area contributed by atoms with Crippen LogP contribution in [0.2, 0.25) is 0 Å². The SMILES string of the molecule is CC#N.COC(=O)C1CCC(CN2CCc3ccccc3NC2=O)CC1.COC(=O)C1CCC(CNCCc2ccccc2N)CC1. The number of methoxy groups -OCH3 is 2. The number of nitrogen functional groups attached to an aromatic ring is 1. The number of fused-ring (bicyclic) bond motifs is 1. The van der Waals surface area contributed by atoms with E-state index in [4.69, 9.17) is 20.5 Å². The Hall–Kier alpha value is -4.10. The first-order valence-corrected chi connectivity index (χ1v) is 16.9. The summed E-state index contributed by atoms with van der Waals surface area (Å²) in [6.45, 7) is 4.93. The van der Waals surface area contributed by atoms with Crippen LogP contribution in [0.5, 0.6) is 0 Å². The molecule has 4 N–H and O–H groups in total. The quantitative estimate of drug-likeness (QED) is 0.172.